The molecule has 0 aliphatic carbocycles. The third-order valence-corrected chi connectivity index (χ3v) is 3.31. The second-order valence-electron chi connectivity index (χ2n) is 4.49. The molecular weight excluding hydrogens is 250 g/mol. The van der Waals surface area contributed by atoms with Crippen LogP contribution >= 0.6 is 11.6 Å². The Hall–Kier alpha value is -1.59. The van der Waals surface area contributed by atoms with Crippen LogP contribution in [-0.2, 0) is 0 Å². The number of H-pyrrole nitrogens is 1. The lowest BCUT2D eigenvalue weighted by Crippen LogP contribution is -2.26. The Bertz CT molecular complexity index is 553. The van der Waals surface area contributed by atoms with E-state index < -0.39 is 0 Å². The van der Waals surface area contributed by atoms with Gasteiger partial charge in [0, 0.05) is 29.7 Å². The number of aromatic amines is 1. The van der Waals surface area contributed by atoms with Crippen LogP contribution in [0.3, 0.4) is 0 Å². The van der Waals surface area contributed by atoms with E-state index in [1.54, 1.807) is 0 Å². The smallest absolute Gasteiger partial charge is 0.245 e. The highest BCUT2D eigenvalue weighted by molar-refractivity contribution is 6.30. The maximum absolute atomic E-state index is 5.96. The Balaban J connectivity index is 1.85. The summed E-state index contributed by atoms with van der Waals surface area (Å²) in [5, 5.41) is 7.86. The number of hydrogen-bond donors (Lipinski definition) is 2. The van der Waals surface area contributed by atoms with Crippen LogP contribution in [0.1, 0.15) is 6.42 Å². The van der Waals surface area contributed by atoms with E-state index in [-0.39, 0.29) is 6.04 Å². The van der Waals surface area contributed by atoms with Gasteiger partial charge in [0.15, 0.2) is 5.82 Å². The molecule has 3 rings (SSSR count). The molecule has 1 aromatic heterocycles. The van der Waals surface area contributed by atoms with Gasteiger partial charge in [0.2, 0.25) is 5.95 Å². The highest BCUT2D eigenvalue weighted by Gasteiger charge is 2.22. The Labute approximate surface area is 110 Å². The van der Waals surface area contributed by atoms with E-state index in [1.165, 1.54) is 0 Å². The fourth-order valence-corrected chi connectivity index (χ4v) is 2.32. The number of benzene rings is 1. The van der Waals surface area contributed by atoms with Gasteiger partial charge in [0.25, 0.3) is 0 Å². The van der Waals surface area contributed by atoms with Gasteiger partial charge in [-0.1, -0.05) is 23.7 Å². The van der Waals surface area contributed by atoms with Gasteiger partial charge in [-0.05, 0) is 18.6 Å². The predicted molar refractivity (Wildman–Crippen MR) is 71.6 cm³/mol. The Morgan fingerprint density at radius 1 is 1.44 bits per heavy atom. The van der Waals surface area contributed by atoms with Crippen molar-refractivity contribution in [2.75, 3.05) is 18.0 Å². The molecule has 0 spiro atoms. The monoisotopic (exact) mass is 263 g/mol. The van der Waals surface area contributed by atoms with E-state index in [2.05, 4.69) is 20.1 Å². The normalized spacial score (nSPS) is 19.4. The molecule has 18 heavy (non-hydrogen) atoms. The van der Waals surface area contributed by atoms with Crippen molar-refractivity contribution in [3.63, 3.8) is 0 Å². The Kier molecular flexibility index (Phi) is 2.93. The molecule has 6 heteroatoms. The van der Waals surface area contributed by atoms with E-state index in [9.17, 15) is 0 Å². The molecule has 0 bridgehead atoms. The topological polar surface area (TPSA) is 70.8 Å². The standard InChI is InChI=1S/C12H14ClN5/c13-9-3-1-2-8(6-9)11-15-12(17-16-11)18-5-4-10(14)7-18/h1-3,6,10H,4-5,7,14H2,(H,15,16,17). The predicted octanol–water partition coefficient (Wildman–Crippen LogP) is 1.66. The molecule has 94 valence electrons. The average molecular weight is 264 g/mol. The van der Waals surface area contributed by atoms with Crippen molar-refractivity contribution < 1.29 is 0 Å². The molecule has 1 atom stereocenters. The summed E-state index contributed by atoms with van der Waals surface area (Å²) in [7, 11) is 0. The fraction of sp³-hybridized carbons (Fsp3) is 0.333. The highest BCUT2D eigenvalue weighted by Crippen LogP contribution is 2.22. The summed E-state index contributed by atoms with van der Waals surface area (Å²) in [4.78, 5) is 6.58. The van der Waals surface area contributed by atoms with Crippen molar-refractivity contribution in [3.05, 3.63) is 29.3 Å². The fourth-order valence-electron chi connectivity index (χ4n) is 2.13. The third kappa shape index (κ3) is 2.19. The number of rotatable bonds is 2. The zero-order chi connectivity index (χ0) is 12.5. The number of anilines is 1. The van der Waals surface area contributed by atoms with Crippen LogP contribution in [0.2, 0.25) is 5.02 Å². The molecular formula is C12H14ClN5. The van der Waals surface area contributed by atoms with Crippen molar-refractivity contribution in [1.82, 2.24) is 15.2 Å². The third-order valence-electron chi connectivity index (χ3n) is 3.08. The molecule has 1 unspecified atom stereocenters. The van der Waals surface area contributed by atoms with E-state index in [0.717, 1.165) is 30.9 Å². The zero-order valence-electron chi connectivity index (χ0n) is 9.81. The number of aromatic nitrogens is 3. The first kappa shape index (κ1) is 11.5. The number of hydrogen-bond acceptors (Lipinski definition) is 4. The summed E-state index contributed by atoms with van der Waals surface area (Å²) in [6.07, 6.45) is 0.987. The van der Waals surface area contributed by atoms with Crippen molar-refractivity contribution >= 4 is 17.5 Å². The van der Waals surface area contributed by atoms with Crippen molar-refractivity contribution in [2.45, 2.75) is 12.5 Å². The maximum atomic E-state index is 5.96. The molecule has 1 fully saturated rings. The van der Waals surface area contributed by atoms with Crippen LogP contribution in [-0.4, -0.2) is 34.3 Å². The van der Waals surface area contributed by atoms with E-state index >= 15 is 0 Å². The summed E-state index contributed by atoms with van der Waals surface area (Å²) in [6.45, 7) is 1.72. The van der Waals surface area contributed by atoms with Gasteiger partial charge >= 0.3 is 0 Å². The maximum Gasteiger partial charge on any atom is 0.245 e. The minimum Gasteiger partial charge on any atom is -0.338 e. The van der Waals surface area contributed by atoms with Crippen LogP contribution in [0.25, 0.3) is 11.4 Å². The van der Waals surface area contributed by atoms with Gasteiger partial charge in [0.05, 0.1) is 0 Å². The van der Waals surface area contributed by atoms with E-state index in [1.807, 2.05) is 24.3 Å². The molecule has 2 heterocycles. The molecule has 3 N–H and O–H groups in total. The highest BCUT2D eigenvalue weighted by atomic mass is 35.5. The van der Waals surface area contributed by atoms with Gasteiger partial charge in [-0.15, -0.1) is 5.10 Å². The number of nitrogens with zero attached hydrogens (tertiary/aromatic N) is 3. The Morgan fingerprint density at radius 2 is 2.33 bits per heavy atom. The molecule has 0 saturated carbocycles. The molecule has 1 aliphatic heterocycles. The van der Waals surface area contributed by atoms with Gasteiger partial charge in [-0.25, -0.2) is 0 Å². The van der Waals surface area contributed by atoms with Gasteiger partial charge in [0.1, 0.15) is 0 Å². The average Bonchev–Trinajstić information content (AvgIpc) is 2.97. The quantitative estimate of drug-likeness (QED) is 0.865. The van der Waals surface area contributed by atoms with Crippen LogP contribution in [0.15, 0.2) is 24.3 Å². The lowest BCUT2D eigenvalue weighted by atomic mass is 10.2. The summed E-state index contributed by atoms with van der Waals surface area (Å²) in [6, 6.07) is 7.76. The summed E-state index contributed by atoms with van der Waals surface area (Å²) in [5.74, 6) is 1.44. The minimum absolute atomic E-state index is 0.220. The second kappa shape index (κ2) is 4.59. The molecule has 1 saturated heterocycles. The van der Waals surface area contributed by atoms with E-state index in [0.29, 0.717) is 11.0 Å². The summed E-state index contributed by atoms with van der Waals surface area (Å²) < 4.78 is 0. The van der Waals surface area contributed by atoms with E-state index in [4.69, 9.17) is 17.3 Å². The molecule has 0 radical (unpaired) electrons. The van der Waals surface area contributed by atoms with Gasteiger partial charge < -0.3 is 10.6 Å². The van der Waals surface area contributed by atoms with Crippen LogP contribution < -0.4 is 10.6 Å². The first-order valence-corrected chi connectivity index (χ1v) is 6.29. The second-order valence-corrected chi connectivity index (χ2v) is 4.93. The van der Waals surface area contributed by atoms with Crippen LogP contribution in [0.5, 0.6) is 0 Å². The molecule has 1 aromatic carbocycles. The lowest BCUT2D eigenvalue weighted by molar-refractivity contribution is 0.750. The first-order chi connectivity index (χ1) is 8.72. The summed E-state index contributed by atoms with van der Waals surface area (Å²) >= 11 is 5.96. The minimum atomic E-state index is 0.220. The first-order valence-electron chi connectivity index (χ1n) is 5.91. The number of halogens is 1. The van der Waals surface area contributed by atoms with Gasteiger partial charge in [-0.3, -0.25) is 5.10 Å². The van der Waals surface area contributed by atoms with Crippen molar-refractivity contribution in [2.24, 2.45) is 5.73 Å². The summed E-state index contributed by atoms with van der Waals surface area (Å²) in [5.41, 5.74) is 6.81. The molecule has 1 aliphatic rings. The van der Waals surface area contributed by atoms with Crippen molar-refractivity contribution in [1.29, 1.82) is 0 Å². The molecule has 2 aromatic rings. The number of nitrogens with one attached hydrogen (secondary N) is 1. The zero-order valence-corrected chi connectivity index (χ0v) is 10.6. The molecule has 5 nitrogen and oxygen atoms in total. The van der Waals surface area contributed by atoms with Gasteiger partial charge in [-0.2, -0.15) is 4.98 Å². The SMILES string of the molecule is NC1CCN(c2n[nH]c(-c3cccc(Cl)c3)n2)C1. The van der Waals surface area contributed by atoms with Crippen LogP contribution in [0, 0.1) is 0 Å². The molecule has 0 amide bonds. The van der Waals surface area contributed by atoms with Crippen molar-refractivity contribution in [3.8, 4) is 11.4 Å². The number of nitrogens with two attached hydrogens (primary N) is 1. The lowest BCUT2D eigenvalue weighted by Gasteiger charge is -2.11. The Morgan fingerprint density at radius 3 is 3.06 bits per heavy atom. The largest absolute Gasteiger partial charge is 0.338 e. The van der Waals surface area contributed by atoms with Crippen LogP contribution in [0.4, 0.5) is 5.95 Å².